The molecule has 0 aliphatic carbocycles. The van der Waals surface area contributed by atoms with E-state index in [4.69, 9.17) is 18.5 Å². The smallest absolute Gasteiger partial charge is 0.462 e. The fourth-order valence-corrected chi connectivity index (χ4v) is 12.3. The summed E-state index contributed by atoms with van der Waals surface area (Å²) >= 11 is 0. The van der Waals surface area contributed by atoms with E-state index in [-0.39, 0.29) is 32.0 Å². The zero-order valence-electron chi connectivity index (χ0n) is 65.6. The van der Waals surface area contributed by atoms with Crippen molar-refractivity contribution >= 4 is 19.8 Å². The van der Waals surface area contributed by atoms with Crippen molar-refractivity contribution in [2.24, 2.45) is 0 Å². The lowest BCUT2D eigenvalue weighted by Gasteiger charge is -2.24. The number of nitrogens with zero attached hydrogens (tertiary/aromatic N) is 1. The summed E-state index contributed by atoms with van der Waals surface area (Å²) < 4.78 is 34.8. The van der Waals surface area contributed by atoms with Gasteiger partial charge in [-0.25, -0.2) is 4.57 Å². The van der Waals surface area contributed by atoms with E-state index in [0.717, 1.165) is 116 Å². The molecule has 0 saturated heterocycles. The summed E-state index contributed by atoms with van der Waals surface area (Å²) in [7, 11) is 1.47. The second-order valence-electron chi connectivity index (χ2n) is 28.8. The van der Waals surface area contributed by atoms with Crippen LogP contribution in [0.5, 0.6) is 0 Å². The summed E-state index contributed by atoms with van der Waals surface area (Å²) in [5.41, 5.74) is 0. The molecule has 0 bridgehead atoms. The highest BCUT2D eigenvalue weighted by Crippen LogP contribution is 2.43. The van der Waals surface area contributed by atoms with Crippen molar-refractivity contribution in [3.05, 3.63) is 146 Å². The minimum absolute atomic E-state index is 0.0251. The zero-order valence-corrected chi connectivity index (χ0v) is 66.5. The van der Waals surface area contributed by atoms with Crippen LogP contribution in [0.2, 0.25) is 0 Å². The molecule has 10 heteroatoms. The van der Waals surface area contributed by atoms with Crippen LogP contribution >= 0.6 is 7.82 Å². The van der Waals surface area contributed by atoms with Gasteiger partial charge in [0.2, 0.25) is 0 Å². The van der Waals surface area contributed by atoms with Gasteiger partial charge in [-0.05, 0) is 122 Å². The number of allylic oxidation sites excluding steroid dienone is 24. The number of unbranched alkanes of at least 4 members (excludes halogenated alkanes) is 38. The molecule has 0 radical (unpaired) electrons. The Balaban J connectivity index is 4.00. The van der Waals surface area contributed by atoms with Crippen LogP contribution in [0.25, 0.3) is 0 Å². The molecule has 2 unspecified atom stereocenters. The van der Waals surface area contributed by atoms with Crippen LogP contribution in [0, 0.1) is 0 Å². The predicted molar refractivity (Wildman–Crippen MR) is 436 cm³/mol. The number of esters is 2. The van der Waals surface area contributed by atoms with Crippen molar-refractivity contribution in [2.75, 3.05) is 47.5 Å². The number of carbonyl (C=O) groups excluding carboxylic acids is 2. The molecule has 0 rings (SSSR count). The molecule has 0 aromatic heterocycles. The fourth-order valence-electron chi connectivity index (χ4n) is 11.5. The van der Waals surface area contributed by atoms with Crippen molar-refractivity contribution in [2.45, 2.75) is 367 Å². The molecule has 1 N–H and O–H groups in total. The van der Waals surface area contributed by atoms with Crippen LogP contribution < -0.4 is 0 Å². The van der Waals surface area contributed by atoms with Gasteiger partial charge < -0.3 is 18.9 Å². The van der Waals surface area contributed by atoms with Gasteiger partial charge in [-0.3, -0.25) is 18.6 Å². The minimum atomic E-state index is -4.41. The number of likely N-dealkylation sites (N-methyl/N-ethyl adjacent to an activating group) is 1. The molecule has 0 aromatic carbocycles. The molecule has 0 aromatic rings. The lowest BCUT2D eigenvalue weighted by molar-refractivity contribution is -0.870. The Morgan fingerprint density at radius 1 is 0.320 bits per heavy atom. The third-order valence-corrected chi connectivity index (χ3v) is 18.8. The number of hydrogen-bond acceptors (Lipinski definition) is 7. The molecule has 0 amide bonds. The monoisotopic (exact) mass is 1410 g/mol. The maximum Gasteiger partial charge on any atom is 0.472 e. The Hall–Kier alpha value is -4.11. The highest BCUT2D eigenvalue weighted by atomic mass is 31.2. The molecule has 100 heavy (non-hydrogen) atoms. The topological polar surface area (TPSA) is 108 Å². The minimum Gasteiger partial charge on any atom is -0.462 e. The fraction of sp³-hybridized carbons (Fsp3) is 0.711. The molecular weight excluding hydrogens is 1250 g/mol. The number of rotatable bonds is 76. The van der Waals surface area contributed by atoms with Crippen molar-refractivity contribution < 1.29 is 42.1 Å². The van der Waals surface area contributed by atoms with E-state index < -0.39 is 26.5 Å². The highest BCUT2D eigenvalue weighted by Gasteiger charge is 2.27. The van der Waals surface area contributed by atoms with Gasteiger partial charge >= 0.3 is 19.8 Å². The Bertz CT molecular complexity index is 2210. The first-order chi connectivity index (χ1) is 49.0. The lowest BCUT2D eigenvalue weighted by Crippen LogP contribution is -2.37. The van der Waals surface area contributed by atoms with Crippen LogP contribution in [-0.4, -0.2) is 74.9 Å². The van der Waals surface area contributed by atoms with Crippen LogP contribution in [0.4, 0.5) is 0 Å². The molecule has 0 aliphatic heterocycles. The number of ether oxygens (including phenoxy) is 2. The first-order valence-electron chi connectivity index (χ1n) is 41.6. The molecule has 2 atom stereocenters. The Kier molecular flexibility index (Phi) is 75.8. The predicted octanol–water partition coefficient (Wildman–Crippen LogP) is 28.1. The molecule has 0 saturated carbocycles. The highest BCUT2D eigenvalue weighted by molar-refractivity contribution is 7.47. The molecule has 9 nitrogen and oxygen atoms in total. The van der Waals surface area contributed by atoms with Crippen LogP contribution in [0.15, 0.2) is 146 Å². The molecule has 0 aliphatic rings. The maximum atomic E-state index is 12.9. The number of carbonyl (C=O) groups is 2. The SMILES string of the molecule is CC/C=C\C/C=C\C/C=C\C/C=C\C/C=C\C/C=C\C/C=C\C/C=C\C/C=C\C/C=C\CCCCCCCCCCC(=O)OC(COC(=O)CCCCCCCCCCCCCCCCCCCCCCCCCCC/C=C\C/C=C\CCCCCCC)COP(=O)(O)OCC[N+](C)(C)C. The third kappa shape index (κ3) is 82.8. The van der Waals surface area contributed by atoms with Gasteiger partial charge in [0.05, 0.1) is 27.7 Å². The van der Waals surface area contributed by atoms with Gasteiger partial charge in [0, 0.05) is 12.8 Å². The van der Waals surface area contributed by atoms with Crippen LogP contribution in [0.1, 0.15) is 361 Å². The maximum absolute atomic E-state index is 12.9. The average molecular weight is 1410 g/mol. The van der Waals surface area contributed by atoms with Crippen LogP contribution in [-0.2, 0) is 32.7 Å². The third-order valence-electron chi connectivity index (χ3n) is 17.9. The average Bonchev–Trinajstić information content (AvgIpc) is 1.07. The van der Waals surface area contributed by atoms with E-state index >= 15 is 0 Å². The van der Waals surface area contributed by atoms with E-state index in [0.29, 0.717) is 17.4 Å². The largest absolute Gasteiger partial charge is 0.472 e. The molecule has 0 spiro atoms. The van der Waals surface area contributed by atoms with Crippen LogP contribution in [0.3, 0.4) is 0 Å². The summed E-state index contributed by atoms with van der Waals surface area (Å²) in [6, 6.07) is 0. The Labute approximate surface area is 618 Å². The second kappa shape index (κ2) is 79.0. The summed E-state index contributed by atoms with van der Waals surface area (Å²) in [6.07, 6.45) is 117. The normalized spacial score (nSPS) is 13.8. The van der Waals surface area contributed by atoms with E-state index in [1.807, 2.05) is 21.1 Å². The number of quaternary nitrogens is 1. The molecule has 0 fully saturated rings. The summed E-state index contributed by atoms with van der Waals surface area (Å²) in [5.74, 6) is -0.801. The summed E-state index contributed by atoms with van der Waals surface area (Å²) in [6.45, 7) is 4.33. The molecule has 574 valence electrons. The van der Waals surface area contributed by atoms with Gasteiger partial charge in [-0.2, -0.15) is 0 Å². The quantitative estimate of drug-likeness (QED) is 0.0211. The van der Waals surface area contributed by atoms with Gasteiger partial charge in [-0.1, -0.05) is 372 Å². The van der Waals surface area contributed by atoms with Crippen molar-refractivity contribution in [3.63, 3.8) is 0 Å². The van der Waals surface area contributed by atoms with Gasteiger partial charge in [-0.15, -0.1) is 0 Å². The van der Waals surface area contributed by atoms with Crippen molar-refractivity contribution in [1.82, 2.24) is 0 Å². The van der Waals surface area contributed by atoms with E-state index in [1.165, 1.54) is 212 Å². The summed E-state index contributed by atoms with van der Waals surface area (Å²) in [4.78, 5) is 36.0. The van der Waals surface area contributed by atoms with E-state index in [2.05, 4.69) is 160 Å². The lowest BCUT2D eigenvalue weighted by atomic mass is 10.0. The van der Waals surface area contributed by atoms with E-state index in [1.54, 1.807) is 0 Å². The standard InChI is InChI=1S/C90H156NO8P/c1-6-8-10-12-14-16-18-20-22-24-26-28-30-32-34-36-38-40-42-44-45-47-49-51-53-55-57-59-61-63-65-67-69-71-73-75-77-79-81-83-90(93)99-88(87-98-100(94,95)97-85-84-91(3,4)5)86-96-89(92)82-80-78-76-74-72-70-68-66-64-62-60-58-56-54-52-50-48-46-43-41-39-37-35-33-31-29-27-25-23-21-19-17-15-13-11-9-7-2/h8,10,14,16,19-22,25-28,32,34,38,40,44-45,49,51,55,57,61,63,88H,6-7,9,11-13,15,17-18,23-24,29-31,33,35-37,39,41-43,46-48,50,52-54,56,58-60,62,64-87H2,1-5H3/p+1/b10-8-,16-14-,21-19-,22-20-,27-25-,28-26-,34-32-,40-38-,45-44-,51-49-,57-55-,63-61-. The first kappa shape index (κ1) is 95.9. The van der Waals surface area contributed by atoms with E-state index in [9.17, 15) is 19.0 Å². The molecule has 0 heterocycles. The Morgan fingerprint density at radius 2 is 0.570 bits per heavy atom. The number of phosphoric acid groups is 1. The van der Waals surface area contributed by atoms with Crippen molar-refractivity contribution in [1.29, 1.82) is 0 Å². The zero-order chi connectivity index (χ0) is 72.5. The summed E-state index contributed by atoms with van der Waals surface area (Å²) in [5, 5.41) is 0. The van der Waals surface area contributed by atoms with Crippen molar-refractivity contribution in [3.8, 4) is 0 Å². The van der Waals surface area contributed by atoms with Gasteiger partial charge in [0.1, 0.15) is 19.8 Å². The first-order valence-corrected chi connectivity index (χ1v) is 43.1. The Morgan fingerprint density at radius 3 is 0.850 bits per heavy atom. The number of phosphoric ester groups is 1. The number of hydrogen-bond donors (Lipinski definition) is 1. The van der Waals surface area contributed by atoms with Gasteiger partial charge in [0.15, 0.2) is 6.10 Å². The van der Waals surface area contributed by atoms with Gasteiger partial charge in [0.25, 0.3) is 0 Å². The molecular formula is C90H157NO8P+. The second-order valence-corrected chi connectivity index (χ2v) is 30.2.